The van der Waals surface area contributed by atoms with Crippen molar-refractivity contribution in [1.29, 1.82) is 0 Å². The number of carbonyl (C=O) groups excluding carboxylic acids is 1. The maximum absolute atomic E-state index is 12.7. The zero-order valence-corrected chi connectivity index (χ0v) is 20.0. The van der Waals surface area contributed by atoms with Crippen LogP contribution in [0.15, 0.2) is 30.3 Å². The maximum Gasteiger partial charge on any atom is 0.344 e. The number of hydrogen-bond acceptors (Lipinski definition) is 4. The number of carboxylic acid groups (broad SMARTS) is 1. The lowest BCUT2D eigenvalue weighted by Gasteiger charge is -2.15. The van der Waals surface area contributed by atoms with Gasteiger partial charge in [0.2, 0.25) is 0 Å². The van der Waals surface area contributed by atoms with Gasteiger partial charge in [-0.15, -0.1) is 0 Å². The van der Waals surface area contributed by atoms with E-state index in [0.717, 1.165) is 7.14 Å². The van der Waals surface area contributed by atoms with Crippen LogP contribution in [0.25, 0.3) is 0 Å². The average Bonchev–Trinajstić information content (AvgIpc) is 2.57. The van der Waals surface area contributed by atoms with Crippen LogP contribution in [0.1, 0.15) is 23.7 Å². The van der Waals surface area contributed by atoms with Crippen molar-refractivity contribution in [1.82, 2.24) is 0 Å². The van der Waals surface area contributed by atoms with Gasteiger partial charge in [-0.05, 0) is 92.4 Å². The predicted octanol–water partition coefficient (Wildman–Crippen LogP) is 4.58. The number of nitrogens with two attached hydrogens (primary N) is 1. The summed E-state index contributed by atoms with van der Waals surface area (Å²) >= 11 is 6.30. The van der Waals surface area contributed by atoms with Gasteiger partial charge in [-0.2, -0.15) is 0 Å². The second-order valence-corrected chi connectivity index (χ2v) is 8.68. The van der Waals surface area contributed by atoms with Gasteiger partial charge in [0.15, 0.2) is 6.10 Å². The average molecular weight is 692 g/mol. The molecule has 0 spiro atoms. The van der Waals surface area contributed by atoms with E-state index >= 15 is 0 Å². The van der Waals surface area contributed by atoms with E-state index in [1.165, 1.54) is 0 Å². The topological polar surface area (TPSA) is 102 Å². The standard InChI is InChI=1S/C17H15I3N2O4/c1-2-12(17(24)25)26-9-5-3-4-8(6-9)22-16(23)13-10(18)7-11(19)15(21)14(13)20/h3-7,12H,2,21H2,1H3,(H,22,23)(H,24,25). The van der Waals surface area contributed by atoms with Crippen LogP contribution in [0.4, 0.5) is 11.4 Å². The zero-order valence-electron chi connectivity index (χ0n) is 13.6. The monoisotopic (exact) mass is 692 g/mol. The molecular formula is C17H15I3N2O4. The van der Waals surface area contributed by atoms with Gasteiger partial charge in [0, 0.05) is 18.9 Å². The Balaban J connectivity index is 2.24. The number of benzene rings is 2. The first-order valence-corrected chi connectivity index (χ1v) is 10.7. The number of nitrogens with one attached hydrogen (secondary N) is 1. The molecule has 0 aliphatic carbocycles. The molecule has 0 bridgehead atoms. The summed E-state index contributed by atoms with van der Waals surface area (Å²) in [5.41, 5.74) is 7.62. The van der Waals surface area contributed by atoms with Gasteiger partial charge in [0.05, 0.1) is 14.8 Å². The predicted molar refractivity (Wildman–Crippen MR) is 126 cm³/mol. The van der Waals surface area contributed by atoms with Crippen LogP contribution in [0.2, 0.25) is 0 Å². The van der Waals surface area contributed by atoms with Crippen LogP contribution in [0.3, 0.4) is 0 Å². The molecule has 9 heteroatoms. The molecule has 2 aromatic rings. The number of ether oxygens (including phenoxy) is 1. The fraction of sp³-hybridized carbons (Fsp3) is 0.176. The van der Waals surface area contributed by atoms with Crippen LogP contribution in [-0.4, -0.2) is 23.1 Å². The third-order valence-corrected chi connectivity index (χ3v) is 6.31. The van der Waals surface area contributed by atoms with E-state index in [1.807, 2.05) is 6.07 Å². The van der Waals surface area contributed by atoms with E-state index in [-0.39, 0.29) is 5.91 Å². The Morgan fingerprint density at radius 1 is 1.23 bits per heavy atom. The number of halogens is 3. The summed E-state index contributed by atoms with van der Waals surface area (Å²) in [5, 5.41) is 11.9. The maximum atomic E-state index is 12.7. The fourth-order valence-corrected chi connectivity index (χ4v) is 5.99. The summed E-state index contributed by atoms with van der Waals surface area (Å²) in [7, 11) is 0. The lowest BCUT2D eigenvalue weighted by Crippen LogP contribution is -2.26. The summed E-state index contributed by atoms with van der Waals surface area (Å²) in [5.74, 6) is -0.937. The van der Waals surface area contributed by atoms with Crippen molar-refractivity contribution in [3.63, 3.8) is 0 Å². The highest BCUT2D eigenvalue weighted by Gasteiger charge is 2.20. The molecule has 0 saturated carbocycles. The normalized spacial score (nSPS) is 11.7. The van der Waals surface area contributed by atoms with Gasteiger partial charge < -0.3 is 20.9 Å². The first-order chi connectivity index (χ1) is 12.2. The summed E-state index contributed by atoms with van der Waals surface area (Å²) in [6.07, 6.45) is -0.594. The van der Waals surface area contributed by atoms with Crippen LogP contribution in [-0.2, 0) is 4.79 Å². The molecule has 0 aliphatic rings. The van der Waals surface area contributed by atoms with Crippen LogP contribution < -0.4 is 15.8 Å². The van der Waals surface area contributed by atoms with Crippen LogP contribution in [0.5, 0.6) is 5.75 Å². The fourth-order valence-electron chi connectivity index (χ4n) is 2.13. The first kappa shape index (κ1) is 21.5. The summed E-state index contributed by atoms with van der Waals surface area (Å²) < 4.78 is 7.85. The second kappa shape index (κ2) is 9.39. The van der Waals surface area contributed by atoms with E-state index < -0.39 is 12.1 Å². The van der Waals surface area contributed by atoms with E-state index in [4.69, 9.17) is 15.6 Å². The molecule has 0 saturated heterocycles. The molecule has 6 nitrogen and oxygen atoms in total. The molecule has 138 valence electrons. The lowest BCUT2D eigenvalue weighted by molar-refractivity contribution is -0.145. The Morgan fingerprint density at radius 3 is 2.54 bits per heavy atom. The molecule has 1 amide bonds. The minimum Gasteiger partial charge on any atom is -0.479 e. The number of carboxylic acids is 1. The van der Waals surface area contributed by atoms with Gasteiger partial charge in [-0.25, -0.2) is 4.79 Å². The van der Waals surface area contributed by atoms with Crippen molar-refractivity contribution >= 4 is 91.0 Å². The Labute approximate surface area is 191 Å². The third kappa shape index (κ3) is 5.12. The van der Waals surface area contributed by atoms with E-state index in [0.29, 0.717) is 32.7 Å². The molecule has 2 rings (SSSR count). The quantitative estimate of drug-likeness (QED) is 0.305. The number of rotatable bonds is 6. The van der Waals surface area contributed by atoms with Crippen molar-refractivity contribution < 1.29 is 19.4 Å². The van der Waals surface area contributed by atoms with Crippen LogP contribution >= 0.6 is 67.8 Å². The SMILES string of the molecule is CCC(Oc1cccc(NC(=O)c2c(I)cc(I)c(N)c2I)c1)C(=O)O. The molecule has 0 heterocycles. The van der Waals surface area contributed by atoms with Crippen molar-refractivity contribution in [3.8, 4) is 5.75 Å². The Morgan fingerprint density at radius 2 is 1.92 bits per heavy atom. The second-order valence-electron chi connectivity index (χ2n) is 5.28. The van der Waals surface area contributed by atoms with Crippen molar-refractivity contribution in [3.05, 3.63) is 46.6 Å². The minimum absolute atomic E-state index is 0.288. The van der Waals surface area contributed by atoms with E-state index in [1.54, 1.807) is 31.2 Å². The molecule has 4 N–H and O–H groups in total. The minimum atomic E-state index is -1.03. The number of carbonyl (C=O) groups is 2. The van der Waals surface area contributed by atoms with Crippen LogP contribution in [0, 0.1) is 10.7 Å². The number of nitrogen functional groups attached to an aromatic ring is 1. The van der Waals surface area contributed by atoms with E-state index in [2.05, 4.69) is 73.1 Å². The molecule has 1 atom stereocenters. The summed E-state index contributed by atoms with van der Waals surface area (Å²) in [6, 6.07) is 8.50. The van der Waals surface area contributed by atoms with Crippen molar-refractivity contribution in [2.24, 2.45) is 0 Å². The Kier molecular flexibility index (Phi) is 7.76. The molecule has 0 aromatic heterocycles. The molecule has 26 heavy (non-hydrogen) atoms. The molecule has 0 fully saturated rings. The Bertz CT molecular complexity index is 858. The van der Waals surface area contributed by atoms with E-state index in [9.17, 15) is 9.59 Å². The molecule has 0 radical (unpaired) electrons. The van der Waals surface area contributed by atoms with Gasteiger partial charge in [-0.3, -0.25) is 4.79 Å². The van der Waals surface area contributed by atoms with Gasteiger partial charge in [0.1, 0.15) is 5.75 Å². The summed E-state index contributed by atoms with van der Waals surface area (Å²) in [6.45, 7) is 1.73. The highest BCUT2D eigenvalue weighted by molar-refractivity contribution is 14.1. The summed E-state index contributed by atoms with van der Waals surface area (Å²) in [4.78, 5) is 23.8. The Hall–Kier alpha value is -0.830. The number of aliphatic carboxylic acids is 1. The largest absolute Gasteiger partial charge is 0.479 e. The number of hydrogen-bond donors (Lipinski definition) is 3. The number of anilines is 2. The van der Waals surface area contributed by atoms with Gasteiger partial charge in [-0.1, -0.05) is 13.0 Å². The first-order valence-electron chi connectivity index (χ1n) is 7.48. The van der Waals surface area contributed by atoms with Gasteiger partial charge in [0.25, 0.3) is 5.91 Å². The molecule has 1 unspecified atom stereocenters. The van der Waals surface area contributed by atoms with Gasteiger partial charge >= 0.3 is 5.97 Å². The molecule has 0 aliphatic heterocycles. The van der Waals surface area contributed by atoms with Crippen molar-refractivity contribution in [2.45, 2.75) is 19.4 Å². The highest BCUT2D eigenvalue weighted by atomic mass is 127. The lowest BCUT2D eigenvalue weighted by atomic mass is 10.2. The third-order valence-electron chi connectivity index (χ3n) is 3.45. The molecular weight excluding hydrogens is 677 g/mol. The van der Waals surface area contributed by atoms with Crippen molar-refractivity contribution in [2.75, 3.05) is 11.1 Å². The smallest absolute Gasteiger partial charge is 0.344 e. The highest BCUT2D eigenvalue weighted by Crippen LogP contribution is 2.30. The number of amides is 1. The zero-order chi connectivity index (χ0) is 19.4. The molecule has 2 aromatic carbocycles.